The molecule has 70 valence electrons. The molecular formula is C6H11NO5. The van der Waals surface area contributed by atoms with E-state index in [1.54, 1.807) is 0 Å². The Morgan fingerprint density at radius 2 is 1.92 bits per heavy atom. The molecule has 0 rings (SSSR count). The topological polar surface area (TPSA) is 107 Å². The third-order valence-electron chi connectivity index (χ3n) is 1.26. The number of hydrogen-bond donors (Lipinski definition) is 4. The molecule has 6 nitrogen and oxygen atoms in total. The highest BCUT2D eigenvalue weighted by molar-refractivity contribution is 5.67. The van der Waals surface area contributed by atoms with Crippen LogP contribution in [0.5, 0.6) is 0 Å². The summed E-state index contributed by atoms with van der Waals surface area (Å²) in [5, 5.41) is 27.0. The van der Waals surface area contributed by atoms with Crippen LogP contribution in [0.2, 0.25) is 0 Å². The van der Waals surface area contributed by atoms with Crippen LogP contribution >= 0.6 is 0 Å². The summed E-state index contributed by atoms with van der Waals surface area (Å²) < 4.78 is 0. The predicted molar refractivity (Wildman–Crippen MR) is 38.9 cm³/mol. The number of aliphatic hydroxyl groups is 1. The summed E-state index contributed by atoms with van der Waals surface area (Å²) >= 11 is 0. The maximum Gasteiger partial charge on any atom is 0.404 e. The summed E-state index contributed by atoms with van der Waals surface area (Å²) in [4.78, 5) is 20.1. The highest BCUT2D eigenvalue weighted by atomic mass is 16.4. The first-order chi connectivity index (χ1) is 5.56. The fraction of sp³-hybridized carbons (Fsp3) is 0.667. The van der Waals surface area contributed by atoms with Crippen molar-refractivity contribution in [2.24, 2.45) is 5.92 Å². The summed E-state index contributed by atoms with van der Waals surface area (Å²) in [6, 6.07) is 0. The zero-order valence-corrected chi connectivity index (χ0v) is 6.36. The van der Waals surface area contributed by atoms with E-state index in [2.05, 4.69) is 0 Å². The molecule has 0 aliphatic rings. The molecule has 0 aromatic rings. The van der Waals surface area contributed by atoms with Gasteiger partial charge in [0.1, 0.15) is 0 Å². The highest BCUT2D eigenvalue weighted by Crippen LogP contribution is 1.99. The molecule has 0 aromatic carbocycles. The minimum atomic E-state index is -1.22. The van der Waals surface area contributed by atoms with Gasteiger partial charge in [-0.3, -0.25) is 4.79 Å². The molecule has 0 unspecified atom stereocenters. The fourth-order valence-electron chi connectivity index (χ4n) is 0.680. The van der Waals surface area contributed by atoms with E-state index >= 15 is 0 Å². The Hall–Kier alpha value is -1.30. The van der Waals surface area contributed by atoms with Gasteiger partial charge < -0.3 is 20.6 Å². The summed E-state index contributed by atoms with van der Waals surface area (Å²) in [7, 11) is 0. The number of carbonyl (C=O) groups is 2. The van der Waals surface area contributed by atoms with Crippen molar-refractivity contribution in [2.45, 2.75) is 6.42 Å². The molecule has 0 bridgehead atoms. The Balaban J connectivity index is 3.67. The molecule has 0 radical (unpaired) electrons. The second-order valence-corrected chi connectivity index (χ2v) is 2.33. The Bertz CT molecular complexity index is 169. The molecule has 0 aliphatic carbocycles. The van der Waals surface area contributed by atoms with Gasteiger partial charge in [-0.05, 0) is 0 Å². The fourth-order valence-corrected chi connectivity index (χ4v) is 0.680. The molecule has 1 amide bonds. The van der Waals surface area contributed by atoms with Crippen LogP contribution in [0.1, 0.15) is 6.42 Å². The van der Waals surface area contributed by atoms with E-state index in [1.165, 1.54) is 0 Å². The summed E-state index contributed by atoms with van der Waals surface area (Å²) in [5.41, 5.74) is 0. The number of rotatable bonds is 5. The average molecular weight is 177 g/mol. The minimum Gasteiger partial charge on any atom is -0.481 e. The molecule has 12 heavy (non-hydrogen) atoms. The molecule has 6 heteroatoms. The minimum absolute atomic E-state index is 0.0435. The molecule has 0 fully saturated rings. The van der Waals surface area contributed by atoms with Crippen molar-refractivity contribution >= 4 is 12.1 Å². The van der Waals surface area contributed by atoms with Crippen molar-refractivity contribution in [1.82, 2.24) is 5.32 Å². The van der Waals surface area contributed by atoms with Crippen molar-refractivity contribution in [3.05, 3.63) is 0 Å². The first kappa shape index (κ1) is 10.7. The van der Waals surface area contributed by atoms with E-state index in [0.717, 1.165) is 0 Å². The van der Waals surface area contributed by atoms with Crippen molar-refractivity contribution < 1.29 is 24.9 Å². The van der Waals surface area contributed by atoms with Crippen LogP contribution in [0, 0.1) is 5.92 Å². The first-order valence-corrected chi connectivity index (χ1v) is 3.35. The van der Waals surface area contributed by atoms with Gasteiger partial charge in [-0.15, -0.1) is 0 Å². The third kappa shape index (κ3) is 5.48. The van der Waals surface area contributed by atoms with Gasteiger partial charge in [0, 0.05) is 19.1 Å². The van der Waals surface area contributed by atoms with Crippen molar-refractivity contribution in [2.75, 3.05) is 13.2 Å². The number of carboxylic acids is 1. The lowest BCUT2D eigenvalue weighted by atomic mass is 10.1. The Labute approximate surface area is 68.8 Å². The number of nitrogens with one attached hydrogen (secondary N) is 1. The zero-order chi connectivity index (χ0) is 9.56. The maximum absolute atomic E-state index is 10.1. The van der Waals surface area contributed by atoms with Crippen molar-refractivity contribution in [3.8, 4) is 0 Å². The Kier molecular flexibility index (Phi) is 4.78. The van der Waals surface area contributed by atoms with Gasteiger partial charge in [0.2, 0.25) is 0 Å². The largest absolute Gasteiger partial charge is 0.481 e. The van der Waals surface area contributed by atoms with Gasteiger partial charge in [-0.25, -0.2) is 4.79 Å². The van der Waals surface area contributed by atoms with Crippen molar-refractivity contribution in [1.29, 1.82) is 0 Å². The smallest absolute Gasteiger partial charge is 0.404 e. The first-order valence-electron chi connectivity index (χ1n) is 3.35. The lowest BCUT2D eigenvalue weighted by molar-refractivity contribution is -0.138. The van der Waals surface area contributed by atoms with Gasteiger partial charge in [-0.1, -0.05) is 0 Å². The van der Waals surface area contributed by atoms with E-state index in [1.807, 2.05) is 5.32 Å². The van der Waals surface area contributed by atoms with Gasteiger partial charge in [0.25, 0.3) is 0 Å². The normalized spacial score (nSPS) is 12.1. The lowest BCUT2D eigenvalue weighted by Gasteiger charge is -2.10. The molecule has 0 spiro atoms. The van der Waals surface area contributed by atoms with E-state index in [4.69, 9.17) is 15.3 Å². The van der Waals surface area contributed by atoms with Gasteiger partial charge in [0.15, 0.2) is 0 Å². The zero-order valence-electron chi connectivity index (χ0n) is 6.36. The SMILES string of the molecule is O=C(O)C[C@H](CO)CNC(=O)O. The summed E-state index contributed by atoms with van der Waals surface area (Å²) in [6.07, 6.45) is -1.46. The van der Waals surface area contributed by atoms with E-state index in [-0.39, 0.29) is 19.6 Å². The second kappa shape index (κ2) is 5.36. The predicted octanol–water partition coefficient (Wildman–Crippen LogP) is -0.663. The van der Waals surface area contributed by atoms with E-state index in [9.17, 15) is 9.59 Å². The second-order valence-electron chi connectivity index (χ2n) is 2.33. The molecule has 0 aliphatic heterocycles. The van der Waals surface area contributed by atoms with Gasteiger partial charge in [0.05, 0.1) is 6.42 Å². The molecule has 1 atom stereocenters. The van der Waals surface area contributed by atoms with Crippen LogP contribution < -0.4 is 5.32 Å². The highest BCUT2D eigenvalue weighted by Gasteiger charge is 2.12. The lowest BCUT2D eigenvalue weighted by Crippen LogP contribution is -2.30. The van der Waals surface area contributed by atoms with Crippen LogP contribution in [0.15, 0.2) is 0 Å². The molecular weight excluding hydrogens is 166 g/mol. The molecule has 0 saturated carbocycles. The Morgan fingerprint density at radius 3 is 2.25 bits per heavy atom. The summed E-state index contributed by atoms with van der Waals surface area (Å²) in [6.45, 7) is -0.384. The quantitative estimate of drug-likeness (QED) is 0.446. The van der Waals surface area contributed by atoms with E-state index in [0.29, 0.717) is 0 Å². The van der Waals surface area contributed by atoms with Gasteiger partial charge in [-0.2, -0.15) is 0 Å². The van der Waals surface area contributed by atoms with E-state index < -0.39 is 18.0 Å². The molecule has 0 saturated heterocycles. The number of aliphatic hydroxyl groups excluding tert-OH is 1. The van der Waals surface area contributed by atoms with Crippen LogP contribution in [0.3, 0.4) is 0 Å². The van der Waals surface area contributed by atoms with Crippen LogP contribution in [0.4, 0.5) is 4.79 Å². The average Bonchev–Trinajstić information content (AvgIpc) is 1.97. The van der Waals surface area contributed by atoms with Crippen LogP contribution in [-0.4, -0.2) is 40.5 Å². The Morgan fingerprint density at radius 1 is 1.33 bits per heavy atom. The molecule has 0 aromatic heterocycles. The summed E-state index contributed by atoms with van der Waals surface area (Å²) in [5.74, 6) is -1.61. The number of carboxylic acid groups (broad SMARTS) is 2. The number of hydrogen-bond acceptors (Lipinski definition) is 3. The van der Waals surface area contributed by atoms with Crippen molar-refractivity contribution in [3.63, 3.8) is 0 Å². The number of aliphatic carboxylic acids is 1. The monoisotopic (exact) mass is 177 g/mol. The van der Waals surface area contributed by atoms with Gasteiger partial charge >= 0.3 is 12.1 Å². The molecule has 4 N–H and O–H groups in total. The third-order valence-corrected chi connectivity index (χ3v) is 1.26. The molecule has 0 heterocycles. The maximum atomic E-state index is 10.1. The standard InChI is InChI=1S/C6H11NO5/c8-3-4(1-5(9)10)2-7-6(11)12/h4,7-8H,1-3H2,(H,9,10)(H,11,12)/t4-/m0/s1. The van der Waals surface area contributed by atoms with Crippen LogP contribution in [-0.2, 0) is 4.79 Å². The van der Waals surface area contributed by atoms with Crippen LogP contribution in [0.25, 0.3) is 0 Å². The number of amides is 1.